The number of carbonyl (C=O) groups excluding carboxylic acids is 1. The van der Waals surface area contributed by atoms with Crippen LogP contribution in [0.5, 0.6) is 5.75 Å². The maximum atomic E-state index is 14.7. The predicted molar refractivity (Wildman–Crippen MR) is 98.6 cm³/mol. The van der Waals surface area contributed by atoms with E-state index in [9.17, 15) is 9.18 Å². The third kappa shape index (κ3) is 3.92. The number of ether oxygens (including phenoxy) is 1. The predicted octanol–water partition coefficient (Wildman–Crippen LogP) is 4.61. The van der Waals surface area contributed by atoms with E-state index in [-0.39, 0.29) is 17.9 Å². The minimum atomic E-state index is -0.850. The number of pyridine rings is 1. The minimum Gasteiger partial charge on any atom is -0.487 e. The third-order valence-corrected chi connectivity index (χ3v) is 3.99. The highest BCUT2D eigenvalue weighted by atomic mass is 35.5. The van der Waals surface area contributed by atoms with Crippen LogP contribution in [0.3, 0.4) is 0 Å². The molecule has 1 heterocycles. The van der Waals surface area contributed by atoms with E-state index in [2.05, 4.69) is 10.3 Å². The number of carbonyl (C=O) groups is 1. The first-order valence-corrected chi connectivity index (χ1v) is 8.10. The van der Waals surface area contributed by atoms with Crippen molar-refractivity contribution in [2.45, 2.75) is 6.61 Å². The van der Waals surface area contributed by atoms with Crippen LogP contribution in [-0.4, -0.2) is 11.0 Å². The number of hydrogen-bond donors (Lipinski definition) is 2. The van der Waals surface area contributed by atoms with Gasteiger partial charge in [-0.2, -0.15) is 0 Å². The maximum Gasteiger partial charge on any atom is 0.316 e. The Morgan fingerprint density at radius 2 is 1.96 bits per heavy atom. The molecule has 3 aromatic rings. The number of aromatic nitrogens is 1. The number of benzene rings is 2. The molecule has 2 amide bonds. The molecule has 0 unspecified atom stereocenters. The quantitative estimate of drug-likeness (QED) is 0.687. The summed E-state index contributed by atoms with van der Waals surface area (Å²) in [5.41, 5.74) is 6.33. The van der Waals surface area contributed by atoms with Gasteiger partial charge in [0.05, 0.1) is 5.69 Å². The molecule has 0 spiro atoms. The van der Waals surface area contributed by atoms with Crippen LogP contribution in [0.2, 0.25) is 5.02 Å². The lowest BCUT2D eigenvalue weighted by Gasteiger charge is -2.13. The molecule has 1 aromatic heterocycles. The fourth-order valence-electron chi connectivity index (χ4n) is 2.42. The lowest BCUT2D eigenvalue weighted by atomic mass is 10.1. The smallest absolute Gasteiger partial charge is 0.316 e. The number of rotatable bonds is 5. The van der Waals surface area contributed by atoms with Gasteiger partial charge in [-0.1, -0.05) is 35.9 Å². The molecule has 0 aliphatic carbocycles. The lowest BCUT2D eigenvalue weighted by Crippen LogP contribution is -2.20. The van der Waals surface area contributed by atoms with E-state index in [1.54, 1.807) is 30.3 Å². The molecular formula is C19H15ClFN3O2. The molecule has 0 aliphatic heterocycles. The number of amides is 2. The number of anilines is 1. The maximum absolute atomic E-state index is 14.7. The minimum absolute atomic E-state index is 0.0299. The van der Waals surface area contributed by atoms with E-state index < -0.39 is 11.8 Å². The average Bonchev–Trinajstić information content (AvgIpc) is 2.63. The number of nitrogens with one attached hydrogen (secondary N) is 1. The molecule has 3 rings (SSSR count). The Balaban J connectivity index is 1.93. The van der Waals surface area contributed by atoms with Gasteiger partial charge in [-0.3, -0.25) is 4.98 Å². The van der Waals surface area contributed by atoms with Crippen LogP contribution in [0.4, 0.5) is 14.9 Å². The summed E-state index contributed by atoms with van der Waals surface area (Å²) in [4.78, 5) is 15.2. The number of urea groups is 1. The third-order valence-electron chi connectivity index (χ3n) is 3.62. The molecule has 5 nitrogen and oxygen atoms in total. The Morgan fingerprint density at radius 3 is 2.73 bits per heavy atom. The molecule has 0 atom stereocenters. The van der Waals surface area contributed by atoms with Gasteiger partial charge in [0, 0.05) is 22.3 Å². The molecule has 3 N–H and O–H groups in total. The molecule has 132 valence electrons. The van der Waals surface area contributed by atoms with Crippen LogP contribution >= 0.6 is 11.6 Å². The van der Waals surface area contributed by atoms with Gasteiger partial charge in [0.15, 0.2) is 5.82 Å². The first-order valence-electron chi connectivity index (χ1n) is 7.73. The topological polar surface area (TPSA) is 77.2 Å². The molecule has 0 radical (unpaired) electrons. The van der Waals surface area contributed by atoms with Gasteiger partial charge in [-0.05, 0) is 30.3 Å². The standard InChI is InChI=1S/C19H15ClFN3O2/c20-14-7-2-1-5-12(14)11-26-16-9-4-10-23-18(16)13-6-3-8-15(17(13)21)24-19(22)25/h1-10H,11H2,(H3,22,24,25). The highest BCUT2D eigenvalue weighted by molar-refractivity contribution is 6.31. The molecule has 0 saturated heterocycles. The molecule has 0 fully saturated rings. The van der Waals surface area contributed by atoms with Crippen LogP contribution in [0.25, 0.3) is 11.3 Å². The zero-order chi connectivity index (χ0) is 18.5. The van der Waals surface area contributed by atoms with Crippen LogP contribution in [0, 0.1) is 5.82 Å². The Kier molecular flexibility index (Phi) is 5.34. The molecule has 26 heavy (non-hydrogen) atoms. The number of nitrogens with two attached hydrogens (primary N) is 1. The second-order valence-corrected chi connectivity index (χ2v) is 5.79. The van der Waals surface area contributed by atoms with Gasteiger partial charge in [0.2, 0.25) is 0 Å². The summed E-state index contributed by atoms with van der Waals surface area (Å²) in [5.74, 6) is -0.255. The summed E-state index contributed by atoms with van der Waals surface area (Å²) in [6.07, 6.45) is 1.53. The van der Waals surface area contributed by atoms with E-state index in [1.807, 2.05) is 18.2 Å². The van der Waals surface area contributed by atoms with Gasteiger partial charge in [-0.15, -0.1) is 0 Å². The van der Waals surface area contributed by atoms with Crippen molar-refractivity contribution in [3.8, 4) is 17.0 Å². The lowest BCUT2D eigenvalue weighted by molar-refractivity contribution is 0.259. The zero-order valence-corrected chi connectivity index (χ0v) is 14.3. The fraction of sp³-hybridized carbons (Fsp3) is 0.0526. The van der Waals surface area contributed by atoms with E-state index in [0.717, 1.165) is 5.56 Å². The van der Waals surface area contributed by atoms with Crippen molar-refractivity contribution in [1.82, 2.24) is 4.98 Å². The van der Waals surface area contributed by atoms with Gasteiger partial charge in [-0.25, -0.2) is 9.18 Å². The van der Waals surface area contributed by atoms with Gasteiger partial charge < -0.3 is 15.8 Å². The van der Waals surface area contributed by atoms with Crippen molar-refractivity contribution in [2.24, 2.45) is 5.73 Å². The van der Waals surface area contributed by atoms with Crippen molar-refractivity contribution in [3.05, 3.63) is 77.2 Å². The summed E-state index contributed by atoms with van der Waals surface area (Å²) >= 11 is 6.13. The molecule has 0 bridgehead atoms. The molecular weight excluding hydrogens is 357 g/mol. The number of primary amides is 1. The van der Waals surface area contributed by atoms with E-state index in [1.165, 1.54) is 12.3 Å². The summed E-state index contributed by atoms with van der Waals surface area (Å²) in [7, 11) is 0. The Hall–Kier alpha value is -3.12. The average molecular weight is 372 g/mol. The van der Waals surface area contributed by atoms with E-state index >= 15 is 0 Å². The fourth-order valence-corrected chi connectivity index (χ4v) is 2.61. The Bertz CT molecular complexity index is 950. The summed E-state index contributed by atoms with van der Waals surface area (Å²) < 4.78 is 20.5. The largest absolute Gasteiger partial charge is 0.487 e. The van der Waals surface area contributed by atoms with Crippen molar-refractivity contribution in [1.29, 1.82) is 0 Å². The summed E-state index contributed by atoms with van der Waals surface area (Å²) in [6.45, 7) is 0.208. The second kappa shape index (κ2) is 7.84. The van der Waals surface area contributed by atoms with Crippen LogP contribution in [-0.2, 0) is 6.61 Å². The van der Waals surface area contributed by atoms with Crippen molar-refractivity contribution >= 4 is 23.3 Å². The molecule has 0 aliphatic rings. The van der Waals surface area contributed by atoms with Gasteiger partial charge in [0.1, 0.15) is 18.1 Å². The van der Waals surface area contributed by atoms with Gasteiger partial charge in [0.25, 0.3) is 0 Å². The normalized spacial score (nSPS) is 10.4. The van der Waals surface area contributed by atoms with Crippen LogP contribution < -0.4 is 15.8 Å². The summed E-state index contributed by atoms with van der Waals surface area (Å²) in [5, 5.41) is 2.83. The summed E-state index contributed by atoms with van der Waals surface area (Å²) in [6, 6.07) is 14.4. The molecule has 0 saturated carbocycles. The van der Waals surface area contributed by atoms with Crippen molar-refractivity contribution in [2.75, 3.05) is 5.32 Å². The van der Waals surface area contributed by atoms with E-state index in [0.29, 0.717) is 16.5 Å². The second-order valence-electron chi connectivity index (χ2n) is 5.39. The molecule has 2 aromatic carbocycles. The van der Waals surface area contributed by atoms with Crippen molar-refractivity contribution in [3.63, 3.8) is 0 Å². The highest BCUT2D eigenvalue weighted by Crippen LogP contribution is 2.33. The Morgan fingerprint density at radius 1 is 1.15 bits per heavy atom. The van der Waals surface area contributed by atoms with Crippen LogP contribution in [0.15, 0.2) is 60.8 Å². The Labute approximate surface area is 154 Å². The first kappa shape index (κ1) is 17.7. The zero-order valence-electron chi connectivity index (χ0n) is 13.6. The highest BCUT2D eigenvalue weighted by Gasteiger charge is 2.16. The van der Waals surface area contributed by atoms with E-state index in [4.69, 9.17) is 22.1 Å². The van der Waals surface area contributed by atoms with Crippen LogP contribution in [0.1, 0.15) is 5.56 Å². The SMILES string of the molecule is NC(=O)Nc1cccc(-c2ncccc2OCc2ccccc2Cl)c1F. The first-order chi connectivity index (χ1) is 12.6. The van der Waals surface area contributed by atoms with Gasteiger partial charge >= 0.3 is 6.03 Å². The molecule has 7 heteroatoms. The number of hydrogen-bond acceptors (Lipinski definition) is 3. The number of halogens is 2. The van der Waals surface area contributed by atoms with Crippen molar-refractivity contribution < 1.29 is 13.9 Å². The number of nitrogens with zero attached hydrogens (tertiary/aromatic N) is 1. The monoisotopic (exact) mass is 371 g/mol.